The molecular weight excluding hydrogens is 422 g/mol. The van der Waals surface area contributed by atoms with Crippen LogP contribution in [0.4, 0.5) is 0 Å². The SMILES string of the molecule is COc1ccc([C@@H]2C(C(=O)OC[C@H]3CCCO3)=C(C)N=C3CC(C)(C)CC(=O)[C@@H]32)cc1OC. The summed E-state index contributed by atoms with van der Waals surface area (Å²) >= 11 is 0. The number of Topliss-reactive ketones (excluding diaryl/α,β-unsaturated/α-hetero) is 1. The van der Waals surface area contributed by atoms with Gasteiger partial charge in [-0.2, -0.15) is 0 Å². The van der Waals surface area contributed by atoms with Gasteiger partial charge in [0.25, 0.3) is 0 Å². The first-order chi connectivity index (χ1) is 15.7. The highest BCUT2D eigenvalue weighted by molar-refractivity contribution is 6.12. The minimum Gasteiger partial charge on any atom is -0.493 e. The average molecular weight is 456 g/mol. The van der Waals surface area contributed by atoms with Crippen LogP contribution in [0, 0.1) is 11.3 Å². The Morgan fingerprint density at radius 3 is 2.58 bits per heavy atom. The Hall–Kier alpha value is -2.67. The third-order valence-corrected chi connectivity index (χ3v) is 6.77. The first-order valence-electron chi connectivity index (χ1n) is 11.6. The summed E-state index contributed by atoms with van der Waals surface area (Å²) in [6.45, 7) is 6.89. The molecule has 2 aliphatic heterocycles. The van der Waals surface area contributed by atoms with Crippen molar-refractivity contribution in [1.29, 1.82) is 0 Å². The highest BCUT2D eigenvalue weighted by atomic mass is 16.6. The minimum absolute atomic E-state index is 0.0749. The van der Waals surface area contributed by atoms with Crippen LogP contribution in [-0.4, -0.2) is 51.0 Å². The lowest BCUT2D eigenvalue weighted by atomic mass is 9.63. The number of allylic oxidation sites excluding steroid dienone is 1. The van der Waals surface area contributed by atoms with E-state index < -0.39 is 17.8 Å². The van der Waals surface area contributed by atoms with Crippen LogP contribution in [0.5, 0.6) is 11.5 Å². The summed E-state index contributed by atoms with van der Waals surface area (Å²) in [7, 11) is 3.15. The van der Waals surface area contributed by atoms with E-state index in [1.807, 2.05) is 25.1 Å². The zero-order valence-corrected chi connectivity index (χ0v) is 20.1. The Kier molecular flexibility index (Phi) is 6.61. The molecule has 1 aromatic carbocycles. The van der Waals surface area contributed by atoms with E-state index in [1.54, 1.807) is 14.2 Å². The number of carbonyl (C=O) groups excluding carboxylic acids is 2. The van der Waals surface area contributed by atoms with Crippen LogP contribution >= 0.6 is 0 Å². The Labute approximate surface area is 195 Å². The molecule has 2 fully saturated rings. The predicted octanol–water partition coefficient (Wildman–Crippen LogP) is 4.24. The molecule has 0 bridgehead atoms. The minimum atomic E-state index is -0.495. The normalized spacial score (nSPS) is 26.5. The Morgan fingerprint density at radius 2 is 1.91 bits per heavy atom. The van der Waals surface area contributed by atoms with Gasteiger partial charge in [-0.1, -0.05) is 19.9 Å². The molecule has 0 N–H and O–H groups in total. The number of ketones is 1. The molecule has 0 amide bonds. The van der Waals surface area contributed by atoms with Crippen molar-refractivity contribution in [2.24, 2.45) is 16.3 Å². The fraction of sp³-hybridized carbons (Fsp3) is 0.577. The second-order valence-electron chi connectivity index (χ2n) is 9.89. The molecule has 3 atom stereocenters. The van der Waals surface area contributed by atoms with Crippen LogP contribution in [0.25, 0.3) is 0 Å². The molecule has 1 saturated carbocycles. The van der Waals surface area contributed by atoms with Gasteiger partial charge < -0.3 is 18.9 Å². The van der Waals surface area contributed by atoms with Gasteiger partial charge in [-0.25, -0.2) is 4.79 Å². The summed E-state index contributed by atoms with van der Waals surface area (Å²) in [6, 6.07) is 5.55. The van der Waals surface area contributed by atoms with E-state index in [2.05, 4.69) is 13.8 Å². The summed E-state index contributed by atoms with van der Waals surface area (Å²) in [4.78, 5) is 31.6. The molecule has 0 unspecified atom stereocenters. The Balaban J connectivity index is 1.76. The van der Waals surface area contributed by atoms with Gasteiger partial charge in [0, 0.05) is 30.4 Å². The second-order valence-corrected chi connectivity index (χ2v) is 9.89. The van der Waals surface area contributed by atoms with Gasteiger partial charge in [-0.05, 0) is 49.3 Å². The van der Waals surface area contributed by atoms with Gasteiger partial charge >= 0.3 is 5.97 Å². The number of hydrogen-bond acceptors (Lipinski definition) is 7. The third-order valence-electron chi connectivity index (χ3n) is 6.77. The topological polar surface area (TPSA) is 83.4 Å². The van der Waals surface area contributed by atoms with E-state index >= 15 is 0 Å². The number of methoxy groups -OCH3 is 2. The maximum absolute atomic E-state index is 13.4. The van der Waals surface area contributed by atoms with E-state index in [0.717, 1.165) is 24.1 Å². The van der Waals surface area contributed by atoms with Crippen molar-refractivity contribution in [3.05, 3.63) is 35.0 Å². The van der Waals surface area contributed by atoms with Crippen LogP contribution < -0.4 is 9.47 Å². The van der Waals surface area contributed by atoms with Crippen molar-refractivity contribution >= 4 is 17.5 Å². The monoisotopic (exact) mass is 455 g/mol. The number of ether oxygens (including phenoxy) is 4. The largest absolute Gasteiger partial charge is 0.493 e. The van der Waals surface area contributed by atoms with E-state index in [-0.39, 0.29) is 23.9 Å². The van der Waals surface area contributed by atoms with Crippen LogP contribution in [0.3, 0.4) is 0 Å². The van der Waals surface area contributed by atoms with Crippen LogP contribution in [-0.2, 0) is 19.1 Å². The number of fused-ring (bicyclic) bond motifs is 1. The van der Waals surface area contributed by atoms with Crippen molar-refractivity contribution in [1.82, 2.24) is 0 Å². The molecule has 7 nitrogen and oxygen atoms in total. The maximum Gasteiger partial charge on any atom is 0.336 e. The molecule has 4 rings (SSSR count). The standard InChI is InChI=1S/C26H33NO6/c1-15-22(25(29)33-14-17-7-6-10-32-17)23(16-8-9-20(30-4)21(11-16)31-5)24-18(27-15)12-26(2,3)13-19(24)28/h8-9,11,17,23-24H,6-7,10,12-14H2,1-5H3/t17-,23-,24-/m1/s1. The molecule has 0 radical (unpaired) electrons. The summed E-state index contributed by atoms with van der Waals surface area (Å²) < 4.78 is 22.2. The molecular formula is C26H33NO6. The second kappa shape index (κ2) is 9.29. The lowest BCUT2D eigenvalue weighted by Gasteiger charge is -2.41. The van der Waals surface area contributed by atoms with Gasteiger partial charge in [0.1, 0.15) is 12.4 Å². The molecule has 1 aromatic rings. The van der Waals surface area contributed by atoms with Gasteiger partial charge in [-0.3, -0.25) is 9.79 Å². The number of benzene rings is 1. The van der Waals surface area contributed by atoms with E-state index in [1.165, 1.54) is 0 Å². The molecule has 3 aliphatic rings. The molecule has 1 saturated heterocycles. The van der Waals surface area contributed by atoms with Crippen molar-refractivity contribution in [2.75, 3.05) is 27.4 Å². The van der Waals surface area contributed by atoms with Gasteiger partial charge in [0.15, 0.2) is 11.5 Å². The molecule has 2 heterocycles. The molecule has 7 heteroatoms. The number of carbonyl (C=O) groups is 2. The van der Waals surface area contributed by atoms with E-state index in [0.29, 0.717) is 42.2 Å². The van der Waals surface area contributed by atoms with Gasteiger partial charge in [0.05, 0.1) is 31.8 Å². The summed E-state index contributed by atoms with van der Waals surface area (Å²) in [5, 5.41) is 0. The predicted molar refractivity (Wildman–Crippen MR) is 124 cm³/mol. The third kappa shape index (κ3) is 4.69. The number of rotatable bonds is 6. The number of nitrogens with zero attached hydrogens (tertiary/aromatic N) is 1. The van der Waals surface area contributed by atoms with Crippen LogP contribution in [0.15, 0.2) is 34.5 Å². The first-order valence-corrected chi connectivity index (χ1v) is 11.6. The van der Waals surface area contributed by atoms with E-state index in [9.17, 15) is 9.59 Å². The van der Waals surface area contributed by atoms with E-state index in [4.69, 9.17) is 23.9 Å². The zero-order chi connectivity index (χ0) is 23.8. The van der Waals surface area contributed by atoms with Crippen molar-refractivity contribution in [2.45, 2.75) is 58.5 Å². The summed E-state index contributed by atoms with van der Waals surface area (Å²) in [6.07, 6.45) is 2.93. The smallest absolute Gasteiger partial charge is 0.336 e. The fourth-order valence-corrected chi connectivity index (χ4v) is 5.29. The summed E-state index contributed by atoms with van der Waals surface area (Å²) in [5.41, 5.74) is 2.52. The molecule has 178 valence electrons. The zero-order valence-electron chi connectivity index (χ0n) is 20.1. The number of aliphatic imine (C=N–C) groups is 1. The average Bonchev–Trinajstić information content (AvgIpc) is 3.28. The Morgan fingerprint density at radius 1 is 1.15 bits per heavy atom. The van der Waals surface area contributed by atoms with Gasteiger partial charge in [-0.15, -0.1) is 0 Å². The van der Waals surface area contributed by atoms with Crippen molar-refractivity contribution in [3.8, 4) is 11.5 Å². The summed E-state index contributed by atoms with van der Waals surface area (Å²) in [5.74, 6) is -0.189. The lowest BCUT2D eigenvalue weighted by Crippen LogP contribution is -2.44. The lowest BCUT2D eigenvalue weighted by molar-refractivity contribution is -0.142. The maximum atomic E-state index is 13.4. The first kappa shape index (κ1) is 23.5. The highest BCUT2D eigenvalue weighted by Gasteiger charge is 2.48. The number of esters is 1. The van der Waals surface area contributed by atoms with Crippen molar-refractivity contribution < 1.29 is 28.5 Å². The fourth-order valence-electron chi connectivity index (χ4n) is 5.29. The van der Waals surface area contributed by atoms with Crippen LogP contribution in [0.2, 0.25) is 0 Å². The molecule has 0 aromatic heterocycles. The molecule has 1 aliphatic carbocycles. The quantitative estimate of drug-likeness (QED) is 0.597. The number of hydrogen-bond donors (Lipinski definition) is 0. The van der Waals surface area contributed by atoms with Gasteiger partial charge in [0.2, 0.25) is 0 Å². The van der Waals surface area contributed by atoms with Crippen molar-refractivity contribution in [3.63, 3.8) is 0 Å². The Bertz CT molecular complexity index is 1000. The molecule has 33 heavy (non-hydrogen) atoms. The molecule has 0 spiro atoms. The highest BCUT2D eigenvalue weighted by Crippen LogP contribution is 2.48. The van der Waals surface area contributed by atoms with Crippen LogP contribution in [0.1, 0.15) is 57.9 Å².